The van der Waals surface area contributed by atoms with Crippen molar-refractivity contribution in [1.29, 1.82) is 0 Å². The summed E-state index contributed by atoms with van der Waals surface area (Å²) >= 11 is 0. The van der Waals surface area contributed by atoms with E-state index in [0.717, 1.165) is 6.07 Å². The molecule has 0 aliphatic rings. The Morgan fingerprint density at radius 3 is 2.43 bits per heavy atom. The Labute approximate surface area is 136 Å². The molecule has 0 aliphatic carbocycles. The lowest BCUT2D eigenvalue weighted by atomic mass is 9.95. The number of carbonyl (C=O) groups is 2. The fraction of sp³-hybridized carbons (Fsp3) is 0.529. The standard InChI is InChI=1S/C17H25FN2O3/c1-5-8-20(9-10-21)15(22)13-11-12(6-7-14(13)18)19-16(23)17(2,3)4/h6-7,11,21H,5,8-10H2,1-4H3,(H,19,23). The molecule has 2 amide bonds. The molecule has 0 unspecified atom stereocenters. The van der Waals surface area contributed by atoms with Gasteiger partial charge in [0.1, 0.15) is 5.82 Å². The van der Waals surface area contributed by atoms with Crippen LogP contribution in [-0.2, 0) is 4.79 Å². The maximum Gasteiger partial charge on any atom is 0.256 e. The van der Waals surface area contributed by atoms with Crippen LogP contribution in [0.3, 0.4) is 0 Å². The predicted molar refractivity (Wildman–Crippen MR) is 87.8 cm³/mol. The Bertz CT molecular complexity index is 561. The molecular weight excluding hydrogens is 299 g/mol. The molecule has 1 aromatic carbocycles. The number of carbonyl (C=O) groups excluding carboxylic acids is 2. The second-order valence-electron chi connectivity index (χ2n) is 6.41. The van der Waals surface area contributed by atoms with Crippen molar-refractivity contribution in [1.82, 2.24) is 4.90 Å². The zero-order valence-electron chi connectivity index (χ0n) is 14.1. The number of benzene rings is 1. The minimum Gasteiger partial charge on any atom is -0.395 e. The molecule has 2 N–H and O–H groups in total. The van der Waals surface area contributed by atoms with E-state index in [0.29, 0.717) is 18.7 Å². The van der Waals surface area contributed by atoms with Gasteiger partial charge in [0, 0.05) is 24.2 Å². The summed E-state index contributed by atoms with van der Waals surface area (Å²) in [6, 6.07) is 3.92. The van der Waals surface area contributed by atoms with Crippen LogP contribution in [0.4, 0.5) is 10.1 Å². The molecule has 0 aromatic heterocycles. The van der Waals surface area contributed by atoms with Crippen LogP contribution in [0.25, 0.3) is 0 Å². The van der Waals surface area contributed by atoms with E-state index in [1.54, 1.807) is 20.8 Å². The van der Waals surface area contributed by atoms with Crippen molar-refractivity contribution < 1.29 is 19.1 Å². The monoisotopic (exact) mass is 324 g/mol. The van der Waals surface area contributed by atoms with Gasteiger partial charge in [0.25, 0.3) is 5.91 Å². The van der Waals surface area contributed by atoms with Gasteiger partial charge in [-0.1, -0.05) is 27.7 Å². The average molecular weight is 324 g/mol. The SMILES string of the molecule is CCCN(CCO)C(=O)c1cc(NC(=O)C(C)(C)C)ccc1F. The molecule has 0 aliphatic heterocycles. The quantitative estimate of drug-likeness (QED) is 0.845. The Morgan fingerprint density at radius 2 is 1.91 bits per heavy atom. The smallest absolute Gasteiger partial charge is 0.256 e. The first kappa shape index (κ1) is 19.1. The summed E-state index contributed by atoms with van der Waals surface area (Å²) in [6.07, 6.45) is 0.702. The topological polar surface area (TPSA) is 69.6 Å². The summed E-state index contributed by atoms with van der Waals surface area (Å²) in [7, 11) is 0. The first-order chi connectivity index (χ1) is 10.7. The normalized spacial score (nSPS) is 11.2. The number of aliphatic hydroxyl groups excluding tert-OH is 1. The molecule has 0 radical (unpaired) electrons. The van der Waals surface area contributed by atoms with E-state index < -0.39 is 17.1 Å². The fourth-order valence-electron chi connectivity index (χ4n) is 1.96. The number of hydrogen-bond acceptors (Lipinski definition) is 3. The molecule has 23 heavy (non-hydrogen) atoms. The molecule has 1 aromatic rings. The summed E-state index contributed by atoms with van der Waals surface area (Å²) in [5, 5.41) is 11.7. The van der Waals surface area contributed by atoms with E-state index in [4.69, 9.17) is 5.11 Å². The van der Waals surface area contributed by atoms with Crippen LogP contribution in [0, 0.1) is 11.2 Å². The maximum absolute atomic E-state index is 14.0. The molecule has 0 saturated carbocycles. The predicted octanol–water partition coefficient (Wildman–Crippen LogP) is 2.65. The number of rotatable bonds is 6. The molecule has 0 saturated heterocycles. The summed E-state index contributed by atoms with van der Waals surface area (Å²) in [6.45, 7) is 7.58. The number of halogens is 1. The Morgan fingerprint density at radius 1 is 1.26 bits per heavy atom. The molecule has 0 spiro atoms. The van der Waals surface area contributed by atoms with E-state index >= 15 is 0 Å². The van der Waals surface area contributed by atoms with Crippen LogP contribution in [0.1, 0.15) is 44.5 Å². The second-order valence-corrected chi connectivity index (χ2v) is 6.41. The van der Waals surface area contributed by atoms with Crippen molar-refractivity contribution in [3.05, 3.63) is 29.6 Å². The molecule has 0 fully saturated rings. The van der Waals surface area contributed by atoms with Gasteiger partial charge in [-0.25, -0.2) is 4.39 Å². The third kappa shape index (κ3) is 5.32. The fourth-order valence-corrected chi connectivity index (χ4v) is 1.96. The van der Waals surface area contributed by atoms with Gasteiger partial charge in [0.05, 0.1) is 12.2 Å². The lowest BCUT2D eigenvalue weighted by Gasteiger charge is -2.22. The minimum absolute atomic E-state index is 0.112. The van der Waals surface area contributed by atoms with Gasteiger partial charge < -0.3 is 15.3 Å². The van der Waals surface area contributed by atoms with E-state index in [1.807, 2.05) is 6.92 Å². The Hall–Kier alpha value is -1.95. The van der Waals surface area contributed by atoms with Crippen LogP contribution in [-0.4, -0.2) is 41.5 Å². The second kappa shape index (κ2) is 8.06. The number of anilines is 1. The lowest BCUT2D eigenvalue weighted by Crippen LogP contribution is -2.35. The molecule has 128 valence electrons. The molecule has 0 bridgehead atoms. The van der Waals surface area contributed by atoms with Crippen molar-refractivity contribution in [2.45, 2.75) is 34.1 Å². The maximum atomic E-state index is 14.0. The van der Waals surface area contributed by atoms with Crippen LogP contribution >= 0.6 is 0 Å². The van der Waals surface area contributed by atoms with Crippen molar-refractivity contribution in [3.8, 4) is 0 Å². The average Bonchev–Trinajstić information content (AvgIpc) is 2.47. The zero-order valence-corrected chi connectivity index (χ0v) is 14.1. The third-order valence-corrected chi connectivity index (χ3v) is 3.29. The highest BCUT2D eigenvalue weighted by Crippen LogP contribution is 2.20. The van der Waals surface area contributed by atoms with Crippen molar-refractivity contribution in [3.63, 3.8) is 0 Å². The van der Waals surface area contributed by atoms with Crippen LogP contribution in [0.2, 0.25) is 0 Å². The summed E-state index contributed by atoms with van der Waals surface area (Å²) in [4.78, 5) is 25.8. The summed E-state index contributed by atoms with van der Waals surface area (Å²) in [5.74, 6) is -1.36. The van der Waals surface area contributed by atoms with E-state index in [2.05, 4.69) is 5.32 Å². The largest absolute Gasteiger partial charge is 0.395 e. The number of amides is 2. The van der Waals surface area contributed by atoms with Gasteiger partial charge in [-0.3, -0.25) is 9.59 Å². The van der Waals surface area contributed by atoms with Crippen LogP contribution < -0.4 is 5.32 Å². The highest BCUT2D eigenvalue weighted by molar-refractivity contribution is 5.98. The molecule has 0 heterocycles. The van der Waals surface area contributed by atoms with Crippen LogP contribution in [0.5, 0.6) is 0 Å². The van der Waals surface area contributed by atoms with Crippen LogP contribution in [0.15, 0.2) is 18.2 Å². The highest BCUT2D eigenvalue weighted by atomic mass is 19.1. The number of hydrogen-bond donors (Lipinski definition) is 2. The molecule has 1 rings (SSSR count). The molecular formula is C17H25FN2O3. The van der Waals surface area contributed by atoms with Crippen molar-refractivity contribution in [2.24, 2.45) is 5.41 Å². The van der Waals surface area contributed by atoms with Gasteiger partial charge in [-0.05, 0) is 24.6 Å². The minimum atomic E-state index is -0.650. The summed E-state index contributed by atoms with van der Waals surface area (Å²) in [5.41, 5.74) is -0.335. The molecule has 0 atom stereocenters. The number of aliphatic hydroxyl groups is 1. The Kier molecular flexibility index (Phi) is 6.69. The highest BCUT2D eigenvalue weighted by Gasteiger charge is 2.23. The first-order valence-corrected chi connectivity index (χ1v) is 7.71. The van der Waals surface area contributed by atoms with E-state index in [-0.39, 0.29) is 24.6 Å². The van der Waals surface area contributed by atoms with Gasteiger partial charge in [-0.15, -0.1) is 0 Å². The van der Waals surface area contributed by atoms with Gasteiger partial charge in [0.15, 0.2) is 0 Å². The number of nitrogens with zero attached hydrogens (tertiary/aromatic N) is 1. The number of nitrogens with one attached hydrogen (secondary N) is 1. The van der Waals surface area contributed by atoms with Gasteiger partial charge in [-0.2, -0.15) is 0 Å². The van der Waals surface area contributed by atoms with Crippen molar-refractivity contribution >= 4 is 17.5 Å². The van der Waals surface area contributed by atoms with E-state index in [1.165, 1.54) is 17.0 Å². The molecule has 6 heteroatoms. The van der Waals surface area contributed by atoms with E-state index in [9.17, 15) is 14.0 Å². The Balaban J connectivity index is 3.05. The van der Waals surface area contributed by atoms with Gasteiger partial charge >= 0.3 is 0 Å². The summed E-state index contributed by atoms with van der Waals surface area (Å²) < 4.78 is 14.0. The zero-order chi connectivity index (χ0) is 17.6. The van der Waals surface area contributed by atoms with Gasteiger partial charge in [0.2, 0.25) is 5.91 Å². The third-order valence-electron chi connectivity index (χ3n) is 3.29. The van der Waals surface area contributed by atoms with Crippen molar-refractivity contribution in [2.75, 3.05) is 25.0 Å². The molecule has 5 nitrogen and oxygen atoms in total. The first-order valence-electron chi connectivity index (χ1n) is 7.71. The lowest BCUT2D eigenvalue weighted by molar-refractivity contribution is -0.123.